The van der Waals surface area contributed by atoms with E-state index in [1.54, 1.807) is 0 Å². The van der Waals surface area contributed by atoms with Crippen LogP contribution in [0, 0.1) is 6.92 Å². The van der Waals surface area contributed by atoms with Crippen LogP contribution < -0.4 is 14.7 Å². The Morgan fingerprint density at radius 2 is 1.51 bits per heavy atom. The maximum absolute atomic E-state index is 13.3. The van der Waals surface area contributed by atoms with Crippen LogP contribution in [-0.4, -0.2) is 31.6 Å². The van der Waals surface area contributed by atoms with Crippen LogP contribution in [0.1, 0.15) is 91.9 Å². The molecular formula is C33H38Br2NO5-. The van der Waals surface area contributed by atoms with Crippen LogP contribution in [-0.2, 0) is 9.53 Å². The molecule has 0 saturated heterocycles. The first-order chi connectivity index (χ1) is 19.6. The number of hydrogen-bond donors (Lipinski definition) is 0. The fourth-order valence-electron chi connectivity index (χ4n) is 4.99. The number of nitrogens with zero attached hydrogens (tertiary/aromatic N) is 1. The molecule has 0 aromatic heterocycles. The smallest absolute Gasteiger partial charge is 0.338 e. The number of esters is 1. The lowest BCUT2D eigenvalue weighted by Crippen LogP contribution is -2.23. The lowest BCUT2D eigenvalue weighted by Gasteiger charge is -2.32. The Bertz CT molecular complexity index is 1370. The van der Waals surface area contributed by atoms with Crippen LogP contribution in [0.4, 0.5) is 5.69 Å². The van der Waals surface area contributed by atoms with E-state index < -0.39 is 5.97 Å². The standard InChI is InChI=1S/C31H35Br2NO3.C2H4O2/c1-5-8-9-12-15-36-31(35)22-14-11-10-13-21(22)30-23-17-25(32)20(4)16-28(23)37-29-19-27(34(6-2)7-3)26(33)18-24(29)30;1-2(3)4/h10-11,13-14,16-19,30H,5-9,12,15H2,1-4H3;1H3,(H,3,4)/p-1. The molecule has 0 fully saturated rings. The third kappa shape index (κ3) is 8.13. The number of halogens is 2. The molecule has 1 heterocycles. The summed E-state index contributed by atoms with van der Waals surface area (Å²) < 4.78 is 14.3. The molecule has 1 atom stereocenters. The predicted octanol–water partition coefficient (Wildman–Crippen LogP) is 8.15. The SMILES string of the molecule is CC(=O)[O-].CCCCCCOC(=O)c1ccccc1C1c2cc(Br)c(C)cc2Oc2cc(N(CC)CC)c(Br)cc21. The molecule has 0 radical (unpaired) electrons. The fourth-order valence-corrected chi connectivity index (χ4v) is 5.96. The maximum atomic E-state index is 13.3. The highest BCUT2D eigenvalue weighted by atomic mass is 79.9. The molecule has 6 nitrogen and oxygen atoms in total. The van der Waals surface area contributed by atoms with Crippen molar-refractivity contribution in [3.05, 3.63) is 85.3 Å². The number of aliphatic carboxylic acids is 1. The Labute approximate surface area is 260 Å². The molecule has 3 aromatic carbocycles. The molecule has 41 heavy (non-hydrogen) atoms. The summed E-state index contributed by atoms with van der Waals surface area (Å²) in [5, 5.41) is 8.89. The van der Waals surface area contributed by atoms with Gasteiger partial charge in [-0.05, 0) is 85.4 Å². The number of unbranched alkanes of at least 4 members (excludes halogenated alkanes) is 3. The van der Waals surface area contributed by atoms with Crippen LogP contribution in [0.25, 0.3) is 0 Å². The quantitative estimate of drug-likeness (QED) is 0.124. The Kier molecular flexibility index (Phi) is 12.3. The number of carboxylic acid groups (broad SMARTS) is 1. The van der Waals surface area contributed by atoms with Crippen molar-refractivity contribution in [1.29, 1.82) is 0 Å². The average molecular weight is 688 g/mol. The van der Waals surface area contributed by atoms with E-state index in [1.807, 2.05) is 24.3 Å². The van der Waals surface area contributed by atoms with Crippen molar-refractivity contribution in [1.82, 2.24) is 0 Å². The van der Waals surface area contributed by atoms with Gasteiger partial charge in [-0.25, -0.2) is 4.79 Å². The Morgan fingerprint density at radius 1 is 0.902 bits per heavy atom. The van der Waals surface area contributed by atoms with Gasteiger partial charge >= 0.3 is 5.97 Å². The molecule has 0 saturated carbocycles. The monoisotopic (exact) mass is 686 g/mol. The number of fused-ring (bicyclic) bond motifs is 2. The second-order valence-electron chi connectivity index (χ2n) is 9.96. The van der Waals surface area contributed by atoms with Gasteiger partial charge in [0.15, 0.2) is 0 Å². The fraction of sp³-hybridized carbons (Fsp3) is 0.394. The molecule has 1 aliphatic rings. The average Bonchev–Trinajstić information content (AvgIpc) is 2.93. The Morgan fingerprint density at radius 3 is 2.15 bits per heavy atom. The number of aryl methyl sites for hydroxylation is 1. The van der Waals surface area contributed by atoms with Gasteiger partial charge in [-0.3, -0.25) is 0 Å². The zero-order chi connectivity index (χ0) is 30.1. The van der Waals surface area contributed by atoms with Crippen molar-refractivity contribution in [3.8, 4) is 11.5 Å². The van der Waals surface area contributed by atoms with E-state index in [0.717, 1.165) is 94.1 Å². The molecule has 220 valence electrons. The van der Waals surface area contributed by atoms with Crippen molar-refractivity contribution < 1.29 is 24.2 Å². The molecule has 3 aromatic rings. The van der Waals surface area contributed by atoms with Gasteiger partial charge in [0.25, 0.3) is 0 Å². The highest BCUT2D eigenvalue weighted by Gasteiger charge is 2.33. The highest BCUT2D eigenvalue weighted by Crippen LogP contribution is 2.51. The van der Waals surface area contributed by atoms with Crippen LogP contribution in [0.15, 0.2) is 57.5 Å². The molecule has 0 aliphatic carbocycles. The molecule has 0 amide bonds. The predicted molar refractivity (Wildman–Crippen MR) is 169 cm³/mol. The lowest BCUT2D eigenvalue weighted by atomic mass is 9.80. The van der Waals surface area contributed by atoms with Crippen molar-refractivity contribution in [2.24, 2.45) is 0 Å². The topological polar surface area (TPSA) is 78.9 Å². The van der Waals surface area contributed by atoms with Crippen LogP contribution in [0.5, 0.6) is 11.5 Å². The van der Waals surface area contributed by atoms with Crippen LogP contribution >= 0.6 is 31.9 Å². The number of carbonyl (C=O) groups excluding carboxylic acids is 2. The molecular weight excluding hydrogens is 650 g/mol. The zero-order valence-corrected chi connectivity index (χ0v) is 27.6. The van der Waals surface area contributed by atoms with E-state index in [0.29, 0.717) is 12.2 Å². The number of carbonyl (C=O) groups is 2. The number of hydrogen-bond acceptors (Lipinski definition) is 6. The molecule has 4 rings (SSSR count). The van der Waals surface area contributed by atoms with Crippen molar-refractivity contribution in [2.75, 3.05) is 24.6 Å². The minimum absolute atomic E-state index is 0.179. The molecule has 1 aliphatic heterocycles. The summed E-state index contributed by atoms with van der Waals surface area (Å²) in [6.45, 7) is 11.7. The van der Waals surface area contributed by atoms with Gasteiger partial charge in [0.1, 0.15) is 11.5 Å². The summed E-state index contributed by atoms with van der Waals surface area (Å²) in [4.78, 5) is 24.5. The van der Waals surface area contributed by atoms with Gasteiger partial charge < -0.3 is 24.3 Å². The normalized spacial score (nSPS) is 13.2. The lowest BCUT2D eigenvalue weighted by molar-refractivity contribution is -0.302. The molecule has 1 unspecified atom stereocenters. The van der Waals surface area contributed by atoms with Gasteiger partial charge in [0.05, 0.1) is 17.9 Å². The summed E-state index contributed by atoms with van der Waals surface area (Å²) in [6, 6.07) is 16.3. The van der Waals surface area contributed by atoms with Gasteiger partial charge in [-0.1, -0.05) is 60.3 Å². The summed E-state index contributed by atoms with van der Waals surface area (Å²) >= 11 is 7.55. The first kappa shape index (κ1) is 32.7. The second-order valence-corrected chi connectivity index (χ2v) is 11.7. The summed E-state index contributed by atoms with van der Waals surface area (Å²) in [5.41, 5.74) is 5.76. The van der Waals surface area contributed by atoms with E-state index in [1.165, 1.54) is 0 Å². The third-order valence-corrected chi connectivity index (χ3v) is 8.53. The van der Waals surface area contributed by atoms with Gasteiger partial charge in [-0.15, -0.1) is 0 Å². The summed E-state index contributed by atoms with van der Waals surface area (Å²) in [6.07, 6.45) is 4.27. The van der Waals surface area contributed by atoms with E-state index in [2.05, 4.69) is 88.7 Å². The van der Waals surface area contributed by atoms with Crippen molar-refractivity contribution in [3.63, 3.8) is 0 Å². The van der Waals surface area contributed by atoms with E-state index in [4.69, 9.17) is 19.4 Å². The Hall–Kier alpha value is -2.84. The first-order valence-electron chi connectivity index (χ1n) is 14.1. The number of carboxylic acids is 1. The molecule has 0 bridgehead atoms. The van der Waals surface area contributed by atoms with Gasteiger partial charge in [-0.2, -0.15) is 0 Å². The summed E-state index contributed by atoms with van der Waals surface area (Å²) in [7, 11) is 0. The minimum atomic E-state index is -1.08. The number of rotatable bonds is 10. The number of benzene rings is 3. The van der Waals surface area contributed by atoms with Crippen molar-refractivity contribution >= 4 is 49.5 Å². The largest absolute Gasteiger partial charge is 0.550 e. The van der Waals surface area contributed by atoms with E-state index >= 15 is 0 Å². The number of anilines is 1. The Balaban J connectivity index is 0.00000108. The zero-order valence-electron chi connectivity index (χ0n) is 24.4. The van der Waals surface area contributed by atoms with Gasteiger partial charge in [0, 0.05) is 51.1 Å². The van der Waals surface area contributed by atoms with E-state index in [9.17, 15) is 4.79 Å². The van der Waals surface area contributed by atoms with E-state index in [-0.39, 0.29) is 11.9 Å². The second kappa shape index (κ2) is 15.4. The highest BCUT2D eigenvalue weighted by molar-refractivity contribution is 9.11. The maximum Gasteiger partial charge on any atom is 0.338 e. The first-order valence-corrected chi connectivity index (χ1v) is 15.7. The molecule has 0 N–H and O–H groups in total. The molecule has 0 spiro atoms. The van der Waals surface area contributed by atoms with Crippen LogP contribution in [0.2, 0.25) is 0 Å². The van der Waals surface area contributed by atoms with Crippen LogP contribution in [0.3, 0.4) is 0 Å². The summed E-state index contributed by atoms with van der Waals surface area (Å²) in [5.74, 6) is 0.0917. The third-order valence-electron chi connectivity index (χ3n) is 7.04. The minimum Gasteiger partial charge on any atom is -0.550 e. The molecule has 8 heteroatoms. The van der Waals surface area contributed by atoms with Gasteiger partial charge in [0.2, 0.25) is 0 Å². The number of ether oxygens (including phenoxy) is 2. The van der Waals surface area contributed by atoms with Crippen molar-refractivity contribution in [2.45, 2.75) is 66.2 Å².